The first-order valence-corrected chi connectivity index (χ1v) is 10.7. The fourth-order valence-corrected chi connectivity index (χ4v) is 4.50. The van der Waals surface area contributed by atoms with E-state index in [9.17, 15) is 14.9 Å². The molecule has 6 nitrogen and oxygen atoms in total. The molecule has 0 bridgehead atoms. The molecule has 0 atom stereocenters. The van der Waals surface area contributed by atoms with Gasteiger partial charge in [-0.25, -0.2) is 0 Å². The van der Waals surface area contributed by atoms with Gasteiger partial charge in [-0.1, -0.05) is 66.2 Å². The molecule has 0 fully saturated rings. The lowest BCUT2D eigenvalue weighted by molar-refractivity contribution is -0.385. The Kier molecular flexibility index (Phi) is 4.98. The molecule has 1 aromatic heterocycles. The molecule has 0 saturated heterocycles. The fourth-order valence-electron chi connectivity index (χ4n) is 4.50. The van der Waals surface area contributed by atoms with Gasteiger partial charge in [0.15, 0.2) is 0 Å². The van der Waals surface area contributed by atoms with Gasteiger partial charge in [-0.15, -0.1) is 0 Å². The number of nitro groups is 1. The van der Waals surface area contributed by atoms with Gasteiger partial charge in [0.05, 0.1) is 10.6 Å². The van der Waals surface area contributed by atoms with Crippen LogP contribution in [0.25, 0.3) is 28.0 Å². The normalized spacial score (nSPS) is 13.2. The second kappa shape index (κ2) is 7.98. The van der Waals surface area contributed by atoms with E-state index in [2.05, 4.69) is 0 Å². The van der Waals surface area contributed by atoms with Crippen LogP contribution in [0, 0.1) is 17.0 Å². The highest BCUT2D eigenvalue weighted by Gasteiger charge is 2.31. The lowest BCUT2D eigenvalue weighted by atomic mass is 9.90. The molecular weight excluding hydrogens is 414 g/mol. The van der Waals surface area contributed by atoms with Gasteiger partial charge in [-0.2, -0.15) is 9.78 Å². The number of fused-ring (bicyclic) bond motifs is 1. The SMILES string of the molecule is CC1=C(c2ccc([N+](=O)[O-])c(C)c2)C(=O)n2nc(-c3ccccc3)c(-c3ccccc3)c2C1. The number of benzene rings is 3. The predicted octanol–water partition coefficient (Wildman–Crippen LogP) is 6.10. The van der Waals surface area contributed by atoms with Gasteiger partial charge in [-0.3, -0.25) is 14.9 Å². The number of nitro benzene ring substituents is 1. The molecule has 0 saturated carbocycles. The summed E-state index contributed by atoms with van der Waals surface area (Å²) in [6.07, 6.45) is 0.557. The second-order valence-electron chi connectivity index (χ2n) is 8.21. The first-order chi connectivity index (χ1) is 16.0. The maximum atomic E-state index is 13.7. The predicted molar refractivity (Wildman–Crippen MR) is 128 cm³/mol. The van der Waals surface area contributed by atoms with E-state index in [0.717, 1.165) is 33.7 Å². The number of allylic oxidation sites excluding steroid dienone is 2. The summed E-state index contributed by atoms with van der Waals surface area (Å²) in [5, 5.41) is 16.0. The molecule has 4 aromatic rings. The maximum Gasteiger partial charge on any atom is 0.279 e. The van der Waals surface area contributed by atoms with Crippen molar-refractivity contribution in [2.75, 3.05) is 0 Å². The van der Waals surface area contributed by atoms with Crippen molar-refractivity contribution < 1.29 is 9.72 Å². The summed E-state index contributed by atoms with van der Waals surface area (Å²) in [7, 11) is 0. The molecule has 3 aromatic carbocycles. The quantitative estimate of drug-likeness (QED) is 0.286. The zero-order valence-electron chi connectivity index (χ0n) is 18.3. The van der Waals surface area contributed by atoms with Gasteiger partial charge in [0.1, 0.15) is 5.69 Å². The first kappa shape index (κ1) is 20.6. The molecule has 33 heavy (non-hydrogen) atoms. The Bertz CT molecular complexity index is 1430. The fraction of sp³-hybridized carbons (Fsp3) is 0.111. The summed E-state index contributed by atoms with van der Waals surface area (Å²) in [6, 6.07) is 24.6. The zero-order chi connectivity index (χ0) is 23.1. The molecule has 0 amide bonds. The van der Waals surface area contributed by atoms with Crippen LogP contribution in [0.15, 0.2) is 84.4 Å². The maximum absolute atomic E-state index is 13.7. The van der Waals surface area contributed by atoms with Crippen LogP contribution in [0.3, 0.4) is 0 Å². The Morgan fingerprint density at radius 2 is 1.52 bits per heavy atom. The smallest absolute Gasteiger partial charge is 0.267 e. The van der Waals surface area contributed by atoms with Crippen molar-refractivity contribution in [3.63, 3.8) is 0 Å². The molecular formula is C27H21N3O3. The molecule has 0 unspecified atom stereocenters. The Morgan fingerprint density at radius 3 is 2.12 bits per heavy atom. The van der Waals surface area contributed by atoms with Crippen molar-refractivity contribution in [3.05, 3.63) is 111 Å². The van der Waals surface area contributed by atoms with Gasteiger partial charge in [0.2, 0.25) is 0 Å². The Labute approximate surface area is 191 Å². The van der Waals surface area contributed by atoms with Crippen molar-refractivity contribution in [2.24, 2.45) is 0 Å². The van der Waals surface area contributed by atoms with E-state index in [4.69, 9.17) is 5.10 Å². The lowest BCUT2D eigenvalue weighted by Gasteiger charge is -2.20. The van der Waals surface area contributed by atoms with Crippen LogP contribution in [0.5, 0.6) is 0 Å². The van der Waals surface area contributed by atoms with Crippen LogP contribution in [0.1, 0.15) is 28.5 Å². The van der Waals surface area contributed by atoms with E-state index >= 15 is 0 Å². The van der Waals surface area contributed by atoms with Crippen molar-refractivity contribution in [1.82, 2.24) is 9.78 Å². The molecule has 5 rings (SSSR count). The lowest BCUT2D eigenvalue weighted by Crippen LogP contribution is -2.23. The third-order valence-corrected chi connectivity index (χ3v) is 6.04. The largest absolute Gasteiger partial charge is 0.279 e. The van der Waals surface area contributed by atoms with Gasteiger partial charge in [0, 0.05) is 34.8 Å². The molecule has 0 radical (unpaired) electrons. The standard InChI is InChI=1S/C27H21N3O3/c1-17-15-21(13-14-22(17)30(32)33)24-18(2)16-23-25(19-9-5-3-6-10-19)26(28-29(23)27(24)31)20-11-7-4-8-12-20/h3-15H,16H2,1-2H3. The number of aromatic nitrogens is 2. The summed E-state index contributed by atoms with van der Waals surface area (Å²) < 4.78 is 1.50. The number of nitrogens with zero attached hydrogens (tertiary/aromatic N) is 3. The van der Waals surface area contributed by atoms with Crippen molar-refractivity contribution in [3.8, 4) is 22.4 Å². The average Bonchev–Trinajstić information content (AvgIpc) is 3.19. The number of hydrogen-bond acceptors (Lipinski definition) is 4. The van der Waals surface area contributed by atoms with Gasteiger partial charge in [-0.05, 0) is 37.1 Å². The van der Waals surface area contributed by atoms with Crippen LogP contribution in [-0.4, -0.2) is 20.6 Å². The molecule has 0 N–H and O–H groups in total. The minimum absolute atomic E-state index is 0.0396. The molecule has 1 aliphatic heterocycles. The molecule has 2 heterocycles. The number of carbonyl (C=O) groups is 1. The topological polar surface area (TPSA) is 78.0 Å². The Morgan fingerprint density at radius 1 is 0.879 bits per heavy atom. The van der Waals surface area contributed by atoms with Crippen molar-refractivity contribution >= 4 is 17.2 Å². The first-order valence-electron chi connectivity index (χ1n) is 10.7. The third-order valence-electron chi connectivity index (χ3n) is 6.04. The van der Waals surface area contributed by atoms with E-state index in [-0.39, 0.29) is 11.6 Å². The number of hydrogen-bond donors (Lipinski definition) is 0. The number of rotatable bonds is 4. The van der Waals surface area contributed by atoms with E-state index < -0.39 is 4.92 Å². The van der Waals surface area contributed by atoms with Crippen LogP contribution in [0.2, 0.25) is 0 Å². The van der Waals surface area contributed by atoms with E-state index in [0.29, 0.717) is 23.1 Å². The summed E-state index contributed by atoms with van der Waals surface area (Å²) in [6.45, 7) is 3.63. The van der Waals surface area contributed by atoms with E-state index in [1.165, 1.54) is 10.7 Å². The van der Waals surface area contributed by atoms with Crippen molar-refractivity contribution in [2.45, 2.75) is 20.3 Å². The number of carbonyl (C=O) groups excluding carboxylic acids is 1. The monoisotopic (exact) mass is 435 g/mol. The highest BCUT2D eigenvalue weighted by atomic mass is 16.6. The van der Waals surface area contributed by atoms with Crippen LogP contribution < -0.4 is 0 Å². The molecule has 0 spiro atoms. The average molecular weight is 435 g/mol. The van der Waals surface area contributed by atoms with Crippen LogP contribution >= 0.6 is 0 Å². The highest BCUT2D eigenvalue weighted by molar-refractivity contribution is 6.22. The summed E-state index contributed by atoms with van der Waals surface area (Å²) >= 11 is 0. The minimum atomic E-state index is -0.410. The van der Waals surface area contributed by atoms with Gasteiger partial charge >= 0.3 is 0 Å². The summed E-state index contributed by atoms with van der Waals surface area (Å²) in [5.41, 5.74) is 7.20. The van der Waals surface area contributed by atoms with E-state index in [1.54, 1.807) is 19.1 Å². The van der Waals surface area contributed by atoms with Crippen LogP contribution in [-0.2, 0) is 6.42 Å². The molecule has 162 valence electrons. The summed E-state index contributed by atoms with van der Waals surface area (Å²) in [5.74, 6) is -0.221. The van der Waals surface area contributed by atoms with Crippen LogP contribution in [0.4, 0.5) is 5.69 Å². The molecule has 6 heteroatoms. The Balaban J connectivity index is 1.68. The summed E-state index contributed by atoms with van der Waals surface area (Å²) in [4.78, 5) is 24.5. The highest BCUT2D eigenvalue weighted by Crippen LogP contribution is 2.40. The second-order valence-corrected chi connectivity index (χ2v) is 8.21. The zero-order valence-corrected chi connectivity index (χ0v) is 18.3. The number of aryl methyl sites for hydroxylation is 1. The molecule has 1 aliphatic rings. The Hall–Kier alpha value is -4.32. The van der Waals surface area contributed by atoms with Gasteiger partial charge in [0.25, 0.3) is 11.6 Å². The van der Waals surface area contributed by atoms with Crippen molar-refractivity contribution in [1.29, 1.82) is 0 Å². The molecule has 0 aliphatic carbocycles. The third kappa shape index (κ3) is 3.46. The van der Waals surface area contributed by atoms with E-state index in [1.807, 2.05) is 67.6 Å². The van der Waals surface area contributed by atoms with Gasteiger partial charge < -0.3 is 0 Å². The minimum Gasteiger partial charge on any atom is -0.267 e.